The first-order valence-corrected chi connectivity index (χ1v) is 21.9. The van der Waals surface area contributed by atoms with Gasteiger partial charge in [0.2, 0.25) is 0 Å². The number of fused-ring (bicyclic) bond motifs is 3. The molecule has 0 atom stereocenters. The molecule has 6 aliphatic rings. The number of hydrogen-bond acceptors (Lipinski definition) is 1. The molecular weight excluding hydrogens is 675 g/mol. The van der Waals surface area contributed by atoms with Gasteiger partial charge >= 0.3 is 0 Å². The molecule has 0 N–H and O–H groups in total. The molecule has 0 aromatic heterocycles. The molecule has 56 heavy (non-hydrogen) atoms. The van der Waals surface area contributed by atoms with E-state index >= 15 is 0 Å². The highest BCUT2D eigenvalue weighted by atomic mass is 15.1. The van der Waals surface area contributed by atoms with Gasteiger partial charge in [0.1, 0.15) is 0 Å². The molecule has 0 heterocycles. The Bertz CT molecular complexity index is 2330. The zero-order valence-electron chi connectivity index (χ0n) is 33.3. The maximum atomic E-state index is 2.54. The average molecular weight is 730 g/mol. The Morgan fingerprint density at radius 1 is 0.464 bits per heavy atom. The molecule has 280 valence electrons. The topological polar surface area (TPSA) is 3.24 Å². The van der Waals surface area contributed by atoms with E-state index in [4.69, 9.17) is 0 Å². The highest BCUT2D eigenvalue weighted by molar-refractivity contribution is 5.94. The summed E-state index contributed by atoms with van der Waals surface area (Å²) in [4.78, 5) is 2.54. The van der Waals surface area contributed by atoms with Gasteiger partial charge in [-0.1, -0.05) is 136 Å². The minimum Gasteiger partial charge on any atom is -0.310 e. The van der Waals surface area contributed by atoms with E-state index in [2.05, 4.69) is 158 Å². The average Bonchev–Trinajstić information content (AvgIpc) is 3.47. The summed E-state index contributed by atoms with van der Waals surface area (Å²) in [5.41, 5.74) is 17.4. The molecule has 0 aliphatic heterocycles. The molecule has 0 saturated heterocycles. The van der Waals surface area contributed by atoms with E-state index in [1.165, 1.54) is 131 Å². The second kappa shape index (κ2) is 13.7. The Morgan fingerprint density at radius 3 is 1.71 bits per heavy atom. The number of anilines is 3. The molecule has 5 saturated carbocycles. The van der Waals surface area contributed by atoms with E-state index in [0.717, 1.165) is 29.6 Å². The third-order valence-corrected chi connectivity index (χ3v) is 15.2. The van der Waals surface area contributed by atoms with Gasteiger partial charge < -0.3 is 4.90 Å². The van der Waals surface area contributed by atoms with Gasteiger partial charge in [0.25, 0.3) is 0 Å². The molecule has 12 rings (SSSR count). The standard InChI is InChI=1S/C55H55N/c1-55(2)51-15-9-14-49(42-18-16-40(17-19-42)38-10-5-3-6-11-38)54(51)50-29-28-48(35-52(50)55)56(46-24-20-41(21-25-46)39-12-7-4-8-13-39)47-26-22-43(23-27-47)53-44-31-36-30-37(33-44)34-45(53)32-36/h3,5-6,9-11,14-29,35-37,39,44-45,53H,4,7-8,12-13,30-34H2,1-2H3. The number of nitrogens with zero attached hydrogens (tertiary/aromatic N) is 1. The summed E-state index contributed by atoms with van der Waals surface area (Å²) in [6.45, 7) is 4.85. The first kappa shape index (κ1) is 34.4. The molecule has 1 nitrogen and oxygen atoms in total. The zero-order valence-corrected chi connectivity index (χ0v) is 33.3. The van der Waals surface area contributed by atoms with Gasteiger partial charge in [-0.05, 0) is 172 Å². The molecule has 0 spiro atoms. The molecular formula is C55H55N. The highest BCUT2D eigenvalue weighted by Gasteiger charge is 2.48. The molecule has 0 unspecified atom stereocenters. The van der Waals surface area contributed by atoms with Crippen molar-refractivity contribution in [1.29, 1.82) is 0 Å². The molecule has 6 aromatic rings. The first-order chi connectivity index (χ1) is 27.5. The summed E-state index contributed by atoms with van der Waals surface area (Å²) in [5.74, 6) is 5.26. The normalized spacial score (nSPS) is 24.5. The lowest BCUT2D eigenvalue weighted by atomic mass is 9.51. The maximum absolute atomic E-state index is 2.54. The summed E-state index contributed by atoms with van der Waals surface area (Å²) in [7, 11) is 0. The van der Waals surface area contributed by atoms with Gasteiger partial charge in [-0.3, -0.25) is 0 Å². The lowest BCUT2D eigenvalue weighted by molar-refractivity contribution is -0.00277. The molecule has 5 fully saturated rings. The minimum absolute atomic E-state index is 0.125. The van der Waals surface area contributed by atoms with Crippen LogP contribution in [-0.2, 0) is 5.41 Å². The number of rotatable bonds is 7. The minimum atomic E-state index is -0.125. The molecule has 6 aromatic carbocycles. The van der Waals surface area contributed by atoms with Crippen LogP contribution in [0, 0.1) is 23.7 Å². The van der Waals surface area contributed by atoms with Crippen LogP contribution in [0.15, 0.2) is 140 Å². The van der Waals surface area contributed by atoms with Gasteiger partial charge in [0.05, 0.1) is 0 Å². The Balaban J connectivity index is 0.972. The molecule has 0 amide bonds. The second-order valence-corrected chi connectivity index (χ2v) is 18.8. The zero-order chi connectivity index (χ0) is 37.4. The van der Waals surface area contributed by atoms with Crippen LogP contribution in [0.1, 0.15) is 112 Å². The van der Waals surface area contributed by atoms with Crippen LogP contribution in [0.4, 0.5) is 17.1 Å². The fraction of sp³-hybridized carbons (Fsp3) is 0.345. The molecule has 6 aliphatic carbocycles. The first-order valence-electron chi connectivity index (χ1n) is 21.9. The lowest BCUT2D eigenvalue weighted by Gasteiger charge is -2.54. The van der Waals surface area contributed by atoms with E-state index < -0.39 is 0 Å². The van der Waals surface area contributed by atoms with Crippen molar-refractivity contribution in [2.45, 2.75) is 95.3 Å². The SMILES string of the molecule is CC1(C)c2cc(N(c3ccc(C4CCCCC4)cc3)c3ccc(C4C5CC6CC(C5)CC4C6)cc3)ccc2-c2c(-c3ccc(-c4ccccc4)cc3)cccc21. The molecule has 4 bridgehead atoms. The van der Waals surface area contributed by atoms with Crippen molar-refractivity contribution >= 4 is 17.1 Å². The summed E-state index contributed by atoms with van der Waals surface area (Å²) < 4.78 is 0. The predicted molar refractivity (Wildman–Crippen MR) is 235 cm³/mol. The van der Waals surface area contributed by atoms with Crippen LogP contribution in [0.25, 0.3) is 33.4 Å². The van der Waals surface area contributed by atoms with Gasteiger partial charge in [-0.2, -0.15) is 0 Å². The second-order valence-electron chi connectivity index (χ2n) is 18.8. The predicted octanol–water partition coefficient (Wildman–Crippen LogP) is 15.4. The summed E-state index contributed by atoms with van der Waals surface area (Å²) in [5, 5.41) is 0. The Kier molecular flexibility index (Phi) is 8.38. The van der Waals surface area contributed by atoms with Crippen LogP contribution >= 0.6 is 0 Å². The number of benzene rings is 6. The van der Waals surface area contributed by atoms with Crippen LogP contribution < -0.4 is 4.90 Å². The third kappa shape index (κ3) is 5.79. The monoisotopic (exact) mass is 729 g/mol. The summed E-state index contributed by atoms with van der Waals surface area (Å²) in [6.07, 6.45) is 14.1. The van der Waals surface area contributed by atoms with Gasteiger partial charge in [0.15, 0.2) is 0 Å². The lowest BCUT2D eigenvalue weighted by Crippen LogP contribution is -2.43. The van der Waals surface area contributed by atoms with Crippen molar-refractivity contribution in [3.05, 3.63) is 162 Å². The quantitative estimate of drug-likeness (QED) is 0.158. The maximum Gasteiger partial charge on any atom is 0.0465 e. The summed E-state index contributed by atoms with van der Waals surface area (Å²) in [6, 6.07) is 53.7. The van der Waals surface area contributed by atoms with E-state index in [9.17, 15) is 0 Å². The van der Waals surface area contributed by atoms with E-state index in [1.54, 1.807) is 5.56 Å². The van der Waals surface area contributed by atoms with Crippen LogP contribution in [-0.4, -0.2) is 0 Å². The van der Waals surface area contributed by atoms with Crippen molar-refractivity contribution in [3.8, 4) is 33.4 Å². The van der Waals surface area contributed by atoms with Crippen molar-refractivity contribution in [3.63, 3.8) is 0 Å². The third-order valence-electron chi connectivity index (χ3n) is 15.2. The Labute approximate surface area is 334 Å². The fourth-order valence-electron chi connectivity index (χ4n) is 12.7. The van der Waals surface area contributed by atoms with Crippen molar-refractivity contribution in [2.24, 2.45) is 23.7 Å². The van der Waals surface area contributed by atoms with Gasteiger partial charge in [-0.15, -0.1) is 0 Å². The van der Waals surface area contributed by atoms with Crippen molar-refractivity contribution in [1.82, 2.24) is 0 Å². The molecule has 0 radical (unpaired) electrons. The van der Waals surface area contributed by atoms with Crippen LogP contribution in [0.5, 0.6) is 0 Å². The van der Waals surface area contributed by atoms with Gasteiger partial charge in [-0.25, -0.2) is 0 Å². The smallest absolute Gasteiger partial charge is 0.0465 e. The highest BCUT2D eigenvalue weighted by Crippen LogP contribution is 2.60. The van der Waals surface area contributed by atoms with Gasteiger partial charge in [0, 0.05) is 22.5 Å². The van der Waals surface area contributed by atoms with Crippen molar-refractivity contribution < 1.29 is 0 Å². The summed E-state index contributed by atoms with van der Waals surface area (Å²) >= 11 is 0. The fourth-order valence-corrected chi connectivity index (χ4v) is 12.7. The van der Waals surface area contributed by atoms with E-state index in [1.807, 2.05) is 0 Å². The van der Waals surface area contributed by atoms with Crippen molar-refractivity contribution in [2.75, 3.05) is 4.90 Å². The van der Waals surface area contributed by atoms with Crippen LogP contribution in [0.3, 0.4) is 0 Å². The Morgan fingerprint density at radius 2 is 1.05 bits per heavy atom. The van der Waals surface area contributed by atoms with E-state index in [0.29, 0.717) is 5.92 Å². The largest absolute Gasteiger partial charge is 0.310 e. The Hall–Kier alpha value is -4.88. The molecule has 1 heteroatoms. The number of hydrogen-bond donors (Lipinski definition) is 0. The van der Waals surface area contributed by atoms with Crippen LogP contribution in [0.2, 0.25) is 0 Å². The van der Waals surface area contributed by atoms with E-state index in [-0.39, 0.29) is 5.41 Å².